The van der Waals surface area contributed by atoms with E-state index < -0.39 is 0 Å². The quantitative estimate of drug-likeness (QED) is 0.793. The fourth-order valence-corrected chi connectivity index (χ4v) is 2.65. The average Bonchev–Trinajstić information content (AvgIpc) is 2.64. The zero-order valence-corrected chi connectivity index (χ0v) is 15.6. The van der Waals surface area contributed by atoms with Gasteiger partial charge in [-0.05, 0) is 30.5 Å². The maximum absolute atomic E-state index is 12.2. The van der Waals surface area contributed by atoms with E-state index in [1.54, 1.807) is 12.0 Å². The topological polar surface area (TPSA) is 58.6 Å². The molecule has 0 bridgehead atoms. The lowest BCUT2D eigenvalue weighted by Gasteiger charge is -2.21. The Morgan fingerprint density at radius 2 is 1.77 bits per heavy atom. The van der Waals surface area contributed by atoms with Crippen LogP contribution in [-0.4, -0.2) is 36.9 Å². The monoisotopic (exact) mass is 354 g/mol. The van der Waals surface area contributed by atoms with Gasteiger partial charge in [-0.2, -0.15) is 0 Å². The second-order valence-corrected chi connectivity index (χ2v) is 6.26. The number of ether oxygens (including phenoxy) is 1. The molecular weight excluding hydrogens is 328 g/mol. The zero-order chi connectivity index (χ0) is 18.9. The van der Waals surface area contributed by atoms with Crippen molar-refractivity contribution >= 4 is 11.8 Å². The molecule has 5 nitrogen and oxygen atoms in total. The summed E-state index contributed by atoms with van der Waals surface area (Å²) in [5.41, 5.74) is 3.23. The first-order chi connectivity index (χ1) is 12.5. The molecule has 0 aliphatic heterocycles. The molecule has 138 valence electrons. The Morgan fingerprint density at radius 3 is 2.42 bits per heavy atom. The van der Waals surface area contributed by atoms with Crippen LogP contribution in [0.15, 0.2) is 48.5 Å². The Kier molecular flexibility index (Phi) is 7.21. The van der Waals surface area contributed by atoms with E-state index in [4.69, 9.17) is 4.74 Å². The number of hydrogen-bond acceptors (Lipinski definition) is 3. The van der Waals surface area contributed by atoms with Crippen LogP contribution in [0.3, 0.4) is 0 Å². The van der Waals surface area contributed by atoms with Gasteiger partial charge in [0.25, 0.3) is 0 Å². The number of carbonyl (C=O) groups is 2. The fraction of sp³-hybridized carbons (Fsp3) is 0.333. The minimum absolute atomic E-state index is 0.0519. The van der Waals surface area contributed by atoms with Gasteiger partial charge < -0.3 is 15.0 Å². The normalized spacial score (nSPS) is 10.3. The maximum Gasteiger partial charge on any atom is 0.239 e. The van der Waals surface area contributed by atoms with Crippen LogP contribution in [0.5, 0.6) is 5.75 Å². The lowest BCUT2D eigenvalue weighted by atomic mass is 10.1. The van der Waals surface area contributed by atoms with Crippen molar-refractivity contribution in [2.45, 2.75) is 26.8 Å². The van der Waals surface area contributed by atoms with Gasteiger partial charge in [-0.3, -0.25) is 9.59 Å². The highest BCUT2D eigenvalue weighted by Gasteiger charge is 2.14. The van der Waals surface area contributed by atoms with Gasteiger partial charge in [-0.15, -0.1) is 0 Å². The minimum Gasteiger partial charge on any atom is -0.496 e. The first-order valence-electron chi connectivity index (χ1n) is 8.69. The number of benzene rings is 2. The SMILES string of the molecule is COc1ccccc1CCN(CC(=O)NCc1ccc(C)cc1)C(C)=O. The smallest absolute Gasteiger partial charge is 0.239 e. The van der Waals surface area contributed by atoms with Gasteiger partial charge >= 0.3 is 0 Å². The molecule has 0 aliphatic rings. The average molecular weight is 354 g/mol. The highest BCUT2D eigenvalue weighted by atomic mass is 16.5. The van der Waals surface area contributed by atoms with Crippen molar-refractivity contribution in [3.05, 3.63) is 65.2 Å². The van der Waals surface area contributed by atoms with Crippen molar-refractivity contribution in [1.82, 2.24) is 10.2 Å². The highest BCUT2D eigenvalue weighted by Crippen LogP contribution is 2.18. The molecule has 2 amide bonds. The van der Waals surface area contributed by atoms with Crippen molar-refractivity contribution in [3.63, 3.8) is 0 Å². The molecule has 0 aromatic heterocycles. The Hall–Kier alpha value is -2.82. The fourth-order valence-electron chi connectivity index (χ4n) is 2.65. The zero-order valence-electron chi connectivity index (χ0n) is 15.6. The molecular formula is C21H26N2O3. The van der Waals surface area contributed by atoms with E-state index in [-0.39, 0.29) is 18.4 Å². The molecule has 0 heterocycles. The summed E-state index contributed by atoms with van der Waals surface area (Å²) in [5, 5.41) is 2.87. The summed E-state index contributed by atoms with van der Waals surface area (Å²) in [7, 11) is 1.63. The second kappa shape index (κ2) is 9.61. The summed E-state index contributed by atoms with van der Waals surface area (Å²) in [6.45, 7) is 4.48. The van der Waals surface area contributed by atoms with Crippen molar-refractivity contribution in [2.75, 3.05) is 20.2 Å². The van der Waals surface area contributed by atoms with Crippen molar-refractivity contribution in [1.29, 1.82) is 0 Å². The van der Waals surface area contributed by atoms with Crippen molar-refractivity contribution < 1.29 is 14.3 Å². The molecule has 0 aliphatic carbocycles. The van der Waals surface area contributed by atoms with Crippen molar-refractivity contribution in [3.8, 4) is 5.75 Å². The van der Waals surface area contributed by atoms with E-state index in [0.29, 0.717) is 19.5 Å². The number of rotatable bonds is 8. The van der Waals surface area contributed by atoms with E-state index in [1.807, 2.05) is 55.5 Å². The third-order valence-corrected chi connectivity index (χ3v) is 4.23. The van der Waals surface area contributed by atoms with Crippen LogP contribution in [0, 0.1) is 6.92 Å². The van der Waals surface area contributed by atoms with Gasteiger partial charge in [0.2, 0.25) is 11.8 Å². The predicted octanol–water partition coefficient (Wildman–Crippen LogP) is 2.71. The number of nitrogens with one attached hydrogen (secondary N) is 1. The number of amides is 2. The van der Waals surface area contributed by atoms with Gasteiger partial charge in [-0.1, -0.05) is 48.0 Å². The summed E-state index contributed by atoms with van der Waals surface area (Å²) in [6.07, 6.45) is 0.634. The molecule has 0 spiro atoms. The first kappa shape index (κ1) is 19.5. The van der Waals surface area contributed by atoms with E-state index in [2.05, 4.69) is 5.32 Å². The molecule has 1 N–H and O–H groups in total. The molecule has 5 heteroatoms. The molecule has 0 unspecified atom stereocenters. The first-order valence-corrected chi connectivity index (χ1v) is 8.69. The van der Waals surface area contributed by atoms with Gasteiger partial charge in [0, 0.05) is 20.0 Å². The highest BCUT2D eigenvalue weighted by molar-refractivity contribution is 5.83. The second-order valence-electron chi connectivity index (χ2n) is 6.26. The Bertz CT molecular complexity index is 741. The third kappa shape index (κ3) is 5.92. The molecule has 26 heavy (non-hydrogen) atoms. The maximum atomic E-state index is 12.2. The van der Waals surface area contributed by atoms with Crippen LogP contribution in [0.25, 0.3) is 0 Å². The minimum atomic E-state index is -0.166. The number of carbonyl (C=O) groups excluding carboxylic acids is 2. The van der Waals surface area contributed by atoms with Crippen LogP contribution >= 0.6 is 0 Å². The molecule has 0 fully saturated rings. The molecule has 0 saturated carbocycles. The van der Waals surface area contributed by atoms with E-state index in [1.165, 1.54) is 12.5 Å². The summed E-state index contributed by atoms with van der Waals surface area (Å²) < 4.78 is 5.33. The third-order valence-electron chi connectivity index (χ3n) is 4.23. The Morgan fingerprint density at radius 1 is 1.08 bits per heavy atom. The van der Waals surface area contributed by atoms with Crippen LogP contribution in [0.4, 0.5) is 0 Å². The predicted molar refractivity (Wildman–Crippen MR) is 102 cm³/mol. The lowest BCUT2D eigenvalue weighted by molar-refractivity contribution is -0.134. The molecule has 0 atom stereocenters. The molecule has 0 saturated heterocycles. The largest absolute Gasteiger partial charge is 0.496 e. The van der Waals surface area contributed by atoms with Crippen LogP contribution in [-0.2, 0) is 22.6 Å². The summed E-state index contributed by atoms with van der Waals surface area (Å²) in [5.74, 6) is 0.506. The molecule has 2 aromatic carbocycles. The molecule has 0 radical (unpaired) electrons. The Labute approximate surface area is 155 Å². The van der Waals surface area contributed by atoms with Gasteiger partial charge in [0.15, 0.2) is 0 Å². The van der Waals surface area contributed by atoms with E-state index in [0.717, 1.165) is 16.9 Å². The van der Waals surface area contributed by atoms with Gasteiger partial charge in [0.05, 0.1) is 13.7 Å². The van der Waals surface area contributed by atoms with E-state index >= 15 is 0 Å². The number of hydrogen-bond donors (Lipinski definition) is 1. The van der Waals surface area contributed by atoms with E-state index in [9.17, 15) is 9.59 Å². The molecule has 2 aromatic rings. The number of methoxy groups -OCH3 is 1. The van der Waals surface area contributed by atoms with Crippen LogP contribution in [0.1, 0.15) is 23.6 Å². The summed E-state index contributed by atoms with van der Waals surface area (Å²) in [4.78, 5) is 25.6. The van der Waals surface area contributed by atoms with Gasteiger partial charge in [-0.25, -0.2) is 0 Å². The van der Waals surface area contributed by atoms with Crippen LogP contribution in [0.2, 0.25) is 0 Å². The lowest BCUT2D eigenvalue weighted by Crippen LogP contribution is -2.40. The molecule has 2 rings (SSSR count). The number of para-hydroxylation sites is 1. The summed E-state index contributed by atoms with van der Waals surface area (Å²) in [6, 6.07) is 15.7. The number of aryl methyl sites for hydroxylation is 1. The Balaban J connectivity index is 1.87. The van der Waals surface area contributed by atoms with Crippen LogP contribution < -0.4 is 10.1 Å². The standard InChI is InChI=1S/C21H26N2O3/c1-16-8-10-18(11-9-16)14-22-21(25)15-23(17(2)24)13-12-19-6-4-5-7-20(19)26-3/h4-11H,12-15H2,1-3H3,(H,22,25). The van der Waals surface area contributed by atoms with Crippen molar-refractivity contribution in [2.24, 2.45) is 0 Å². The van der Waals surface area contributed by atoms with Gasteiger partial charge in [0.1, 0.15) is 5.75 Å². The number of nitrogens with zero attached hydrogens (tertiary/aromatic N) is 1. The summed E-state index contributed by atoms with van der Waals surface area (Å²) >= 11 is 0.